The van der Waals surface area contributed by atoms with Gasteiger partial charge in [-0.3, -0.25) is 0 Å². The van der Waals surface area contributed by atoms with Crippen LogP contribution in [0.2, 0.25) is 0 Å². The van der Waals surface area contributed by atoms with E-state index >= 15 is 0 Å². The van der Waals surface area contributed by atoms with Crippen LogP contribution in [0.25, 0.3) is 0 Å². The zero-order valence-corrected chi connectivity index (χ0v) is 20.8. The number of benzene rings is 3. The molecule has 0 bridgehead atoms. The molecule has 0 atom stereocenters. The molecule has 0 spiro atoms. The average Bonchev–Trinajstić information content (AvgIpc) is 2.92. The Morgan fingerprint density at radius 3 is 1.86 bits per heavy atom. The first-order chi connectivity index (χ1) is 17.6. The Morgan fingerprint density at radius 2 is 1.36 bits per heavy atom. The summed E-state index contributed by atoms with van der Waals surface area (Å²) in [4.78, 5) is 27.1. The number of hydrogen-bond acceptors (Lipinski definition) is 6. The van der Waals surface area contributed by atoms with E-state index in [1.165, 1.54) is 7.11 Å². The van der Waals surface area contributed by atoms with E-state index in [2.05, 4.69) is 5.32 Å². The number of esters is 1. The van der Waals surface area contributed by atoms with Gasteiger partial charge in [-0.25, -0.2) is 9.59 Å². The monoisotopic (exact) mass is 492 g/mol. The number of carbonyl (C=O) groups is 2. The number of rotatable bonds is 12. The van der Waals surface area contributed by atoms with Crippen LogP contribution >= 0.6 is 0 Å². The number of hydrogen-bond donors (Lipinski definition) is 1. The first-order valence-corrected chi connectivity index (χ1v) is 11.6. The number of anilines is 1. The Labute approximate surface area is 211 Å². The molecule has 0 aliphatic heterocycles. The third-order valence-electron chi connectivity index (χ3n) is 5.50. The van der Waals surface area contributed by atoms with E-state index in [1.54, 1.807) is 37.3 Å². The van der Waals surface area contributed by atoms with Crippen LogP contribution in [0.5, 0.6) is 5.75 Å². The van der Waals surface area contributed by atoms with E-state index in [1.807, 2.05) is 60.7 Å². The lowest BCUT2D eigenvalue weighted by atomic mass is 10.0. The Bertz CT molecular complexity index is 1060. The van der Waals surface area contributed by atoms with E-state index in [0.29, 0.717) is 37.7 Å². The molecule has 1 N–H and O–H groups in total. The van der Waals surface area contributed by atoms with Crippen molar-refractivity contribution in [3.05, 3.63) is 95.6 Å². The molecule has 0 unspecified atom stereocenters. The van der Waals surface area contributed by atoms with Crippen molar-refractivity contribution in [1.29, 1.82) is 0 Å². The first-order valence-electron chi connectivity index (χ1n) is 11.6. The van der Waals surface area contributed by atoms with Crippen molar-refractivity contribution in [1.82, 2.24) is 4.90 Å². The van der Waals surface area contributed by atoms with Crippen LogP contribution < -0.4 is 10.1 Å². The topological polar surface area (TPSA) is 86.3 Å². The summed E-state index contributed by atoms with van der Waals surface area (Å²) >= 11 is 0. The normalized spacial score (nSPS) is 10.7. The van der Waals surface area contributed by atoms with E-state index in [9.17, 15) is 9.59 Å². The Balaban J connectivity index is 1.89. The molecule has 3 aromatic rings. The van der Waals surface area contributed by atoms with Gasteiger partial charge in [0.05, 0.1) is 20.3 Å². The molecule has 0 fully saturated rings. The first kappa shape index (κ1) is 26.7. The van der Waals surface area contributed by atoms with Crippen molar-refractivity contribution in [3.8, 4) is 5.75 Å². The minimum Gasteiger partial charge on any atom is -0.480 e. The number of carbonyl (C=O) groups excluding carboxylic acids is 2. The standard InChI is InChI=1S/C28H32N2O6/c1-33-18-16-30(17-19-34-2)28(32)29-23-14-15-25(24(20-23)27(31)35-3)36-26(21-10-6-4-7-11-21)22-12-8-5-9-13-22/h4-15,20,26H,16-19H2,1-3H3,(H,29,32). The lowest BCUT2D eigenvalue weighted by Gasteiger charge is -2.24. The Hall–Kier alpha value is -3.88. The van der Waals surface area contributed by atoms with Gasteiger partial charge >= 0.3 is 12.0 Å². The third kappa shape index (κ3) is 7.31. The van der Waals surface area contributed by atoms with Gasteiger partial charge in [-0.05, 0) is 29.3 Å². The number of nitrogens with one attached hydrogen (secondary N) is 1. The summed E-state index contributed by atoms with van der Waals surface area (Å²) in [7, 11) is 4.46. The predicted molar refractivity (Wildman–Crippen MR) is 137 cm³/mol. The summed E-state index contributed by atoms with van der Waals surface area (Å²) in [5.41, 5.74) is 2.50. The molecule has 0 radical (unpaired) electrons. The second-order valence-electron chi connectivity index (χ2n) is 7.92. The quantitative estimate of drug-likeness (QED) is 0.367. The summed E-state index contributed by atoms with van der Waals surface area (Å²) in [6.45, 7) is 1.56. The molecular weight excluding hydrogens is 460 g/mol. The molecular formula is C28H32N2O6. The molecule has 0 aliphatic carbocycles. The van der Waals surface area contributed by atoms with Gasteiger partial charge in [0, 0.05) is 33.0 Å². The molecule has 190 valence electrons. The largest absolute Gasteiger partial charge is 0.480 e. The van der Waals surface area contributed by atoms with Crippen molar-refractivity contribution in [2.24, 2.45) is 0 Å². The molecule has 36 heavy (non-hydrogen) atoms. The van der Waals surface area contributed by atoms with Gasteiger partial charge in [-0.15, -0.1) is 0 Å². The van der Waals surface area contributed by atoms with Crippen LogP contribution in [-0.4, -0.2) is 64.5 Å². The highest BCUT2D eigenvalue weighted by Crippen LogP contribution is 2.32. The van der Waals surface area contributed by atoms with Crippen molar-refractivity contribution in [2.45, 2.75) is 6.10 Å². The van der Waals surface area contributed by atoms with Crippen LogP contribution in [0.15, 0.2) is 78.9 Å². The molecule has 0 aromatic heterocycles. The zero-order chi connectivity index (χ0) is 25.8. The van der Waals surface area contributed by atoms with Crippen LogP contribution in [0.3, 0.4) is 0 Å². The maximum absolute atomic E-state index is 12.9. The second kappa shape index (κ2) is 13.9. The summed E-state index contributed by atoms with van der Waals surface area (Å²) in [6, 6.07) is 24.1. The minimum atomic E-state index is -0.573. The third-order valence-corrected chi connectivity index (χ3v) is 5.50. The number of amides is 2. The van der Waals surface area contributed by atoms with Gasteiger partial charge < -0.3 is 29.2 Å². The number of methoxy groups -OCH3 is 3. The summed E-state index contributed by atoms with van der Waals surface area (Å²) in [6.07, 6.45) is -0.449. The van der Waals surface area contributed by atoms with Crippen molar-refractivity contribution >= 4 is 17.7 Å². The van der Waals surface area contributed by atoms with Gasteiger partial charge in [0.2, 0.25) is 0 Å². The second-order valence-corrected chi connectivity index (χ2v) is 7.92. The zero-order valence-electron chi connectivity index (χ0n) is 20.8. The summed E-state index contributed by atoms with van der Waals surface area (Å²) in [5, 5.41) is 2.84. The summed E-state index contributed by atoms with van der Waals surface area (Å²) in [5.74, 6) is -0.232. The molecule has 0 saturated heterocycles. The van der Waals surface area contributed by atoms with Crippen LogP contribution in [0.1, 0.15) is 27.6 Å². The van der Waals surface area contributed by atoms with Gasteiger partial charge in [0.1, 0.15) is 17.4 Å². The smallest absolute Gasteiger partial charge is 0.341 e. The highest BCUT2D eigenvalue weighted by molar-refractivity contribution is 5.96. The number of nitrogens with zero attached hydrogens (tertiary/aromatic N) is 1. The molecule has 3 rings (SSSR count). The van der Waals surface area contributed by atoms with Crippen LogP contribution in [0.4, 0.5) is 10.5 Å². The fourth-order valence-electron chi connectivity index (χ4n) is 3.61. The minimum absolute atomic E-state index is 0.201. The van der Waals surface area contributed by atoms with E-state index in [4.69, 9.17) is 18.9 Å². The fourth-order valence-corrected chi connectivity index (χ4v) is 3.61. The molecule has 0 heterocycles. The molecule has 0 aliphatic rings. The van der Waals surface area contributed by atoms with E-state index in [0.717, 1.165) is 11.1 Å². The Morgan fingerprint density at radius 1 is 0.806 bits per heavy atom. The molecule has 2 amide bonds. The highest BCUT2D eigenvalue weighted by Gasteiger charge is 2.22. The van der Waals surface area contributed by atoms with Crippen molar-refractivity contribution in [2.75, 3.05) is 52.9 Å². The molecule has 8 nitrogen and oxygen atoms in total. The SMILES string of the molecule is COCCN(CCOC)C(=O)Nc1ccc(OC(c2ccccc2)c2ccccc2)c(C(=O)OC)c1. The maximum atomic E-state index is 12.9. The number of ether oxygens (including phenoxy) is 4. The van der Waals surface area contributed by atoms with Crippen molar-refractivity contribution in [3.63, 3.8) is 0 Å². The van der Waals surface area contributed by atoms with Gasteiger partial charge in [0.25, 0.3) is 0 Å². The molecule has 3 aromatic carbocycles. The predicted octanol–water partition coefficient (Wildman–Crippen LogP) is 4.77. The molecule has 0 saturated carbocycles. The summed E-state index contributed by atoms with van der Waals surface area (Å²) < 4.78 is 21.6. The molecule has 8 heteroatoms. The Kier molecular flexibility index (Phi) is 10.3. The van der Waals surface area contributed by atoms with E-state index in [-0.39, 0.29) is 11.6 Å². The fraction of sp³-hybridized carbons (Fsp3) is 0.286. The average molecular weight is 493 g/mol. The van der Waals surface area contributed by atoms with Gasteiger partial charge in [-0.1, -0.05) is 60.7 Å². The van der Waals surface area contributed by atoms with Crippen molar-refractivity contribution < 1.29 is 28.5 Å². The number of urea groups is 1. The van der Waals surface area contributed by atoms with Crippen LogP contribution in [-0.2, 0) is 14.2 Å². The van der Waals surface area contributed by atoms with E-state index < -0.39 is 12.1 Å². The maximum Gasteiger partial charge on any atom is 0.341 e. The lowest BCUT2D eigenvalue weighted by molar-refractivity contribution is 0.0594. The van der Waals surface area contributed by atoms with Gasteiger partial charge in [-0.2, -0.15) is 0 Å². The van der Waals surface area contributed by atoms with Crippen LogP contribution in [0, 0.1) is 0 Å². The van der Waals surface area contributed by atoms with Gasteiger partial charge in [0.15, 0.2) is 0 Å². The highest BCUT2D eigenvalue weighted by atomic mass is 16.5. The lowest BCUT2D eigenvalue weighted by Crippen LogP contribution is -2.39.